The van der Waals surface area contributed by atoms with E-state index in [4.69, 9.17) is 0 Å². The monoisotopic (exact) mass is 232 g/mol. The van der Waals surface area contributed by atoms with E-state index in [-0.39, 0.29) is 5.82 Å². The number of pyridine rings is 1. The Bertz CT molecular complexity index is 562. The summed E-state index contributed by atoms with van der Waals surface area (Å²) in [6, 6.07) is 5.08. The average Bonchev–Trinajstić information content (AvgIpc) is 2.26. The van der Waals surface area contributed by atoms with Crippen LogP contribution in [0, 0.1) is 12.7 Å². The summed E-state index contributed by atoms with van der Waals surface area (Å²) >= 11 is 0. The van der Waals surface area contributed by atoms with Crippen LogP contribution in [0.1, 0.15) is 31.0 Å². The standard InChI is InChI=1S/C14H17FN2/c1-8(2)11-7-12(16-4)14-9(3)5-10(15)6-13(14)17-11/h5-8H,1-4H3,(H,16,17). The summed E-state index contributed by atoms with van der Waals surface area (Å²) in [5.74, 6) is 0.0977. The Morgan fingerprint density at radius 2 is 1.94 bits per heavy atom. The van der Waals surface area contributed by atoms with E-state index in [1.165, 1.54) is 6.07 Å². The molecule has 2 aromatic rings. The lowest BCUT2D eigenvalue weighted by atomic mass is 10.0. The van der Waals surface area contributed by atoms with E-state index in [2.05, 4.69) is 24.1 Å². The zero-order chi connectivity index (χ0) is 12.6. The topological polar surface area (TPSA) is 24.9 Å². The molecule has 2 rings (SSSR count). The molecule has 0 atom stereocenters. The molecular weight excluding hydrogens is 215 g/mol. The van der Waals surface area contributed by atoms with Gasteiger partial charge >= 0.3 is 0 Å². The first-order chi connectivity index (χ1) is 8.02. The van der Waals surface area contributed by atoms with Gasteiger partial charge in [-0.2, -0.15) is 0 Å². The van der Waals surface area contributed by atoms with Crippen LogP contribution in [0.5, 0.6) is 0 Å². The fourth-order valence-electron chi connectivity index (χ4n) is 2.05. The van der Waals surface area contributed by atoms with Gasteiger partial charge in [0.1, 0.15) is 5.82 Å². The highest BCUT2D eigenvalue weighted by atomic mass is 19.1. The molecule has 17 heavy (non-hydrogen) atoms. The predicted molar refractivity (Wildman–Crippen MR) is 70.1 cm³/mol. The van der Waals surface area contributed by atoms with Gasteiger partial charge in [-0.25, -0.2) is 4.39 Å². The molecule has 0 amide bonds. The molecule has 0 aliphatic carbocycles. The van der Waals surface area contributed by atoms with Crippen molar-refractivity contribution in [1.82, 2.24) is 4.98 Å². The Hall–Kier alpha value is -1.64. The van der Waals surface area contributed by atoms with Gasteiger partial charge in [0, 0.05) is 29.9 Å². The van der Waals surface area contributed by atoms with E-state index in [1.807, 2.05) is 20.0 Å². The number of anilines is 1. The highest BCUT2D eigenvalue weighted by Gasteiger charge is 2.10. The molecule has 2 nitrogen and oxygen atoms in total. The Morgan fingerprint density at radius 1 is 1.24 bits per heavy atom. The quantitative estimate of drug-likeness (QED) is 0.850. The fourth-order valence-corrected chi connectivity index (χ4v) is 2.05. The number of halogens is 1. The maximum atomic E-state index is 13.4. The van der Waals surface area contributed by atoms with Gasteiger partial charge in [0.25, 0.3) is 0 Å². The third kappa shape index (κ3) is 2.09. The summed E-state index contributed by atoms with van der Waals surface area (Å²) in [5.41, 5.74) is 3.62. The predicted octanol–water partition coefficient (Wildman–Crippen LogP) is 3.85. The fraction of sp³-hybridized carbons (Fsp3) is 0.357. The van der Waals surface area contributed by atoms with Crippen molar-refractivity contribution in [3.05, 3.63) is 35.3 Å². The lowest BCUT2D eigenvalue weighted by Crippen LogP contribution is -1.99. The lowest BCUT2D eigenvalue weighted by molar-refractivity contribution is 0.628. The van der Waals surface area contributed by atoms with Crippen molar-refractivity contribution in [1.29, 1.82) is 0 Å². The van der Waals surface area contributed by atoms with Crippen LogP contribution >= 0.6 is 0 Å². The van der Waals surface area contributed by atoms with Crippen LogP contribution in [-0.2, 0) is 0 Å². The van der Waals surface area contributed by atoms with E-state index >= 15 is 0 Å². The number of aromatic nitrogens is 1. The van der Waals surface area contributed by atoms with Crippen molar-refractivity contribution in [2.75, 3.05) is 12.4 Å². The molecule has 0 fully saturated rings. The summed E-state index contributed by atoms with van der Waals surface area (Å²) in [7, 11) is 1.88. The van der Waals surface area contributed by atoms with Gasteiger partial charge < -0.3 is 5.32 Å². The van der Waals surface area contributed by atoms with E-state index in [0.29, 0.717) is 5.92 Å². The molecule has 0 spiro atoms. The van der Waals surface area contributed by atoms with Crippen LogP contribution in [0.4, 0.5) is 10.1 Å². The molecule has 1 aromatic carbocycles. The van der Waals surface area contributed by atoms with Crippen LogP contribution in [0.2, 0.25) is 0 Å². The molecule has 0 saturated heterocycles. The summed E-state index contributed by atoms with van der Waals surface area (Å²) in [5, 5.41) is 4.16. The van der Waals surface area contributed by atoms with Crippen molar-refractivity contribution in [3.8, 4) is 0 Å². The van der Waals surface area contributed by atoms with Gasteiger partial charge in [-0.1, -0.05) is 13.8 Å². The number of hydrogen-bond donors (Lipinski definition) is 1. The van der Waals surface area contributed by atoms with Crippen LogP contribution in [-0.4, -0.2) is 12.0 Å². The first kappa shape index (κ1) is 11.8. The molecule has 1 aromatic heterocycles. The molecule has 0 aliphatic heterocycles. The number of nitrogens with one attached hydrogen (secondary N) is 1. The van der Waals surface area contributed by atoms with Crippen molar-refractivity contribution in [2.45, 2.75) is 26.7 Å². The molecule has 0 unspecified atom stereocenters. The van der Waals surface area contributed by atoms with E-state index in [1.54, 1.807) is 6.07 Å². The van der Waals surface area contributed by atoms with Crippen LogP contribution in [0.3, 0.4) is 0 Å². The van der Waals surface area contributed by atoms with Crippen LogP contribution in [0.15, 0.2) is 18.2 Å². The second kappa shape index (κ2) is 4.32. The molecule has 0 aliphatic rings. The average molecular weight is 232 g/mol. The zero-order valence-electron chi connectivity index (χ0n) is 10.6. The van der Waals surface area contributed by atoms with Gasteiger partial charge in [-0.15, -0.1) is 0 Å². The third-order valence-electron chi connectivity index (χ3n) is 2.95. The third-order valence-corrected chi connectivity index (χ3v) is 2.95. The number of aryl methyl sites for hydroxylation is 1. The molecule has 0 bridgehead atoms. The maximum Gasteiger partial charge on any atom is 0.125 e. The van der Waals surface area contributed by atoms with Crippen molar-refractivity contribution in [3.63, 3.8) is 0 Å². The Kier molecular flexibility index (Phi) is 3.01. The van der Waals surface area contributed by atoms with Gasteiger partial charge in [-0.05, 0) is 30.5 Å². The van der Waals surface area contributed by atoms with Gasteiger partial charge in [0.2, 0.25) is 0 Å². The zero-order valence-corrected chi connectivity index (χ0v) is 10.6. The number of rotatable bonds is 2. The summed E-state index contributed by atoms with van der Waals surface area (Å²) in [6.45, 7) is 6.07. The minimum Gasteiger partial charge on any atom is -0.388 e. The molecule has 1 heterocycles. The van der Waals surface area contributed by atoms with Crippen molar-refractivity contribution >= 4 is 16.6 Å². The molecule has 90 valence electrons. The van der Waals surface area contributed by atoms with E-state index in [0.717, 1.165) is 27.8 Å². The summed E-state index contributed by atoms with van der Waals surface area (Å²) in [6.07, 6.45) is 0. The van der Waals surface area contributed by atoms with Gasteiger partial charge in [0.15, 0.2) is 0 Å². The van der Waals surface area contributed by atoms with Crippen molar-refractivity contribution in [2.24, 2.45) is 0 Å². The van der Waals surface area contributed by atoms with E-state index in [9.17, 15) is 4.39 Å². The minimum atomic E-state index is -0.231. The van der Waals surface area contributed by atoms with Gasteiger partial charge in [0.05, 0.1) is 5.52 Å². The Morgan fingerprint density at radius 3 is 2.53 bits per heavy atom. The van der Waals surface area contributed by atoms with Crippen LogP contribution in [0.25, 0.3) is 10.9 Å². The smallest absolute Gasteiger partial charge is 0.125 e. The van der Waals surface area contributed by atoms with Gasteiger partial charge in [-0.3, -0.25) is 4.98 Å². The molecule has 0 radical (unpaired) electrons. The number of hydrogen-bond acceptors (Lipinski definition) is 2. The van der Waals surface area contributed by atoms with E-state index < -0.39 is 0 Å². The number of benzene rings is 1. The van der Waals surface area contributed by atoms with Crippen molar-refractivity contribution < 1.29 is 4.39 Å². The molecular formula is C14H17FN2. The molecule has 0 saturated carbocycles. The largest absolute Gasteiger partial charge is 0.388 e. The molecule has 1 N–H and O–H groups in total. The maximum absolute atomic E-state index is 13.4. The second-order valence-corrected chi connectivity index (χ2v) is 4.62. The first-order valence-electron chi connectivity index (χ1n) is 5.81. The second-order valence-electron chi connectivity index (χ2n) is 4.62. The highest BCUT2D eigenvalue weighted by Crippen LogP contribution is 2.29. The summed E-state index contributed by atoms with van der Waals surface area (Å²) < 4.78 is 13.4. The SMILES string of the molecule is CNc1cc(C(C)C)nc2cc(F)cc(C)c12. The minimum absolute atomic E-state index is 0.231. The first-order valence-corrected chi connectivity index (χ1v) is 5.81. The normalized spacial score (nSPS) is 11.2. The molecule has 3 heteroatoms. The Balaban J connectivity index is 2.82. The van der Waals surface area contributed by atoms with Crippen LogP contribution < -0.4 is 5.32 Å². The number of fused-ring (bicyclic) bond motifs is 1. The lowest BCUT2D eigenvalue weighted by Gasteiger charge is -2.13. The Labute approximate surface area is 101 Å². The number of nitrogens with zero attached hydrogens (tertiary/aromatic N) is 1. The highest BCUT2D eigenvalue weighted by molar-refractivity contribution is 5.94. The summed E-state index contributed by atoms with van der Waals surface area (Å²) in [4.78, 5) is 4.53.